The van der Waals surface area contributed by atoms with Gasteiger partial charge in [-0.1, -0.05) is 26.0 Å². The summed E-state index contributed by atoms with van der Waals surface area (Å²) in [6.07, 6.45) is 3.89. The number of fused-ring (bicyclic) bond motifs is 1. The standard InChI is InChI=1S/C21H33N5O/c1-3-25(4-2)15-16-26-19-8-6-5-7-18(19)23-21(26)24-20(27)10-9-17-11-13-22-14-12-17/h5-8,17,22H,3-4,9-16H2,1-2H3,(H,23,24,27). The van der Waals surface area contributed by atoms with Crippen LogP contribution in [-0.2, 0) is 11.3 Å². The maximum atomic E-state index is 12.5. The minimum atomic E-state index is 0.0768. The second-order valence-corrected chi connectivity index (χ2v) is 7.38. The van der Waals surface area contributed by atoms with Crippen molar-refractivity contribution in [3.8, 4) is 0 Å². The van der Waals surface area contributed by atoms with Crippen molar-refractivity contribution in [1.82, 2.24) is 19.8 Å². The van der Waals surface area contributed by atoms with Crippen LogP contribution < -0.4 is 10.6 Å². The third kappa shape index (κ3) is 5.30. The first kappa shape index (κ1) is 19.8. The van der Waals surface area contributed by atoms with Crippen LogP contribution in [0.25, 0.3) is 11.0 Å². The number of hydrogen-bond donors (Lipinski definition) is 2. The average Bonchev–Trinajstić information content (AvgIpc) is 3.05. The fourth-order valence-electron chi connectivity index (χ4n) is 3.87. The largest absolute Gasteiger partial charge is 0.317 e. The number of hydrogen-bond acceptors (Lipinski definition) is 4. The maximum absolute atomic E-state index is 12.5. The number of aromatic nitrogens is 2. The number of carbonyl (C=O) groups excluding carboxylic acids is 1. The van der Waals surface area contributed by atoms with E-state index in [1.165, 1.54) is 12.8 Å². The van der Waals surface area contributed by atoms with Crippen molar-refractivity contribution >= 4 is 22.9 Å². The van der Waals surface area contributed by atoms with Crippen molar-refractivity contribution in [2.45, 2.75) is 46.1 Å². The lowest BCUT2D eigenvalue weighted by Gasteiger charge is -2.22. The van der Waals surface area contributed by atoms with E-state index in [-0.39, 0.29) is 5.91 Å². The number of likely N-dealkylation sites (N-methyl/N-ethyl adjacent to an activating group) is 1. The van der Waals surface area contributed by atoms with Gasteiger partial charge in [-0.25, -0.2) is 4.98 Å². The van der Waals surface area contributed by atoms with Gasteiger partial charge in [0.1, 0.15) is 0 Å². The smallest absolute Gasteiger partial charge is 0.226 e. The molecule has 0 saturated carbocycles. The van der Waals surface area contributed by atoms with E-state index in [1.807, 2.05) is 18.2 Å². The van der Waals surface area contributed by atoms with E-state index in [1.54, 1.807) is 0 Å². The summed E-state index contributed by atoms with van der Waals surface area (Å²) in [4.78, 5) is 19.6. The molecule has 0 bridgehead atoms. The molecular weight excluding hydrogens is 338 g/mol. The summed E-state index contributed by atoms with van der Waals surface area (Å²) in [6.45, 7) is 10.3. The van der Waals surface area contributed by atoms with E-state index in [4.69, 9.17) is 0 Å². The summed E-state index contributed by atoms with van der Waals surface area (Å²) in [5.74, 6) is 1.42. The van der Waals surface area contributed by atoms with Crippen LogP contribution in [0.1, 0.15) is 39.5 Å². The fourth-order valence-corrected chi connectivity index (χ4v) is 3.87. The summed E-state index contributed by atoms with van der Waals surface area (Å²) < 4.78 is 2.15. The van der Waals surface area contributed by atoms with Gasteiger partial charge < -0.3 is 14.8 Å². The van der Waals surface area contributed by atoms with E-state index in [0.717, 1.165) is 56.7 Å². The number of imidazole rings is 1. The highest BCUT2D eigenvalue weighted by Gasteiger charge is 2.17. The Labute approximate surface area is 162 Å². The third-order valence-electron chi connectivity index (χ3n) is 5.68. The molecule has 0 aliphatic carbocycles. The highest BCUT2D eigenvalue weighted by molar-refractivity contribution is 5.91. The summed E-state index contributed by atoms with van der Waals surface area (Å²) in [5, 5.41) is 6.46. The molecule has 0 unspecified atom stereocenters. The lowest BCUT2D eigenvalue weighted by Crippen LogP contribution is -2.29. The molecule has 0 spiro atoms. The molecule has 0 atom stereocenters. The Kier molecular flexibility index (Phi) is 7.24. The molecule has 2 heterocycles. The zero-order valence-corrected chi connectivity index (χ0v) is 16.7. The van der Waals surface area contributed by atoms with Crippen LogP contribution in [0.3, 0.4) is 0 Å². The van der Waals surface area contributed by atoms with E-state index in [2.05, 4.69) is 45.0 Å². The first-order valence-corrected chi connectivity index (χ1v) is 10.4. The minimum absolute atomic E-state index is 0.0768. The summed E-state index contributed by atoms with van der Waals surface area (Å²) in [6, 6.07) is 8.11. The molecule has 2 N–H and O–H groups in total. The lowest BCUT2D eigenvalue weighted by molar-refractivity contribution is -0.116. The zero-order chi connectivity index (χ0) is 19.1. The van der Waals surface area contributed by atoms with Crippen LogP contribution in [0.4, 0.5) is 5.95 Å². The monoisotopic (exact) mass is 371 g/mol. The molecule has 1 aliphatic heterocycles. The van der Waals surface area contributed by atoms with Gasteiger partial charge in [0.05, 0.1) is 11.0 Å². The van der Waals surface area contributed by atoms with Gasteiger partial charge in [0, 0.05) is 19.5 Å². The zero-order valence-electron chi connectivity index (χ0n) is 16.7. The number of rotatable bonds is 9. The normalized spacial score (nSPS) is 15.5. The lowest BCUT2D eigenvalue weighted by atomic mass is 9.93. The molecule has 2 aromatic rings. The molecule has 148 valence electrons. The molecule has 1 amide bonds. The number of piperidine rings is 1. The van der Waals surface area contributed by atoms with Crippen LogP contribution >= 0.6 is 0 Å². The molecule has 6 heteroatoms. The van der Waals surface area contributed by atoms with E-state index >= 15 is 0 Å². The Morgan fingerprint density at radius 3 is 2.74 bits per heavy atom. The van der Waals surface area contributed by atoms with Crippen LogP contribution in [0.2, 0.25) is 0 Å². The Morgan fingerprint density at radius 1 is 1.26 bits per heavy atom. The summed E-state index contributed by atoms with van der Waals surface area (Å²) in [7, 11) is 0. The number of nitrogens with zero attached hydrogens (tertiary/aromatic N) is 3. The maximum Gasteiger partial charge on any atom is 0.226 e. The van der Waals surface area contributed by atoms with Crippen LogP contribution in [0.15, 0.2) is 24.3 Å². The van der Waals surface area contributed by atoms with Gasteiger partial charge in [-0.2, -0.15) is 0 Å². The molecule has 1 aliphatic rings. The van der Waals surface area contributed by atoms with Gasteiger partial charge in [-0.05, 0) is 63.5 Å². The van der Waals surface area contributed by atoms with Crippen molar-refractivity contribution in [2.75, 3.05) is 38.0 Å². The van der Waals surface area contributed by atoms with Gasteiger partial charge in [-0.15, -0.1) is 0 Å². The minimum Gasteiger partial charge on any atom is -0.317 e. The predicted octanol–water partition coefficient (Wildman–Crippen LogP) is 3.10. The van der Waals surface area contributed by atoms with Crippen molar-refractivity contribution in [1.29, 1.82) is 0 Å². The van der Waals surface area contributed by atoms with Gasteiger partial charge in [0.15, 0.2) is 0 Å². The van der Waals surface area contributed by atoms with E-state index in [0.29, 0.717) is 18.3 Å². The first-order chi connectivity index (χ1) is 13.2. The molecule has 1 fully saturated rings. The van der Waals surface area contributed by atoms with Crippen LogP contribution in [0.5, 0.6) is 0 Å². The molecule has 0 radical (unpaired) electrons. The van der Waals surface area contributed by atoms with Crippen molar-refractivity contribution in [3.63, 3.8) is 0 Å². The number of para-hydroxylation sites is 2. The molecular formula is C21H33N5O. The number of nitrogens with one attached hydrogen (secondary N) is 2. The number of benzene rings is 1. The van der Waals surface area contributed by atoms with Crippen molar-refractivity contribution < 1.29 is 4.79 Å². The van der Waals surface area contributed by atoms with Gasteiger partial charge >= 0.3 is 0 Å². The van der Waals surface area contributed by atoms with Gasteiger partial charge in [0.25, 0.3) is 0 Å². The molecule has 3 rings (SSSR count). The van der Waals surface area contributed by atoms with Crippen LogP contribution in [0, 0.1) is 5.92 Å². The SMILES string of the molecule is CCN(CC)CCn1c(NC(=O)CCC2CCNCC2)nc2ccccc21. The Hall–Kier alpha value is -1.92. The van der Waals surface area contributed by atoms with Gasteiger partial charge in [0.2, 0.25) is 11.9 Å². The predicted molar refractivity (Wildman–Crippen MR) is 111 cm³/mol. The topological polar surface area (TPSA) is 62.2 Å². The fraction of sp³-hybridized carbons (Fsp3) is 0.619. The molecule has 1 aromatic carbocycles. The Morgan fingerprint density at radius 2 is 2.00 bits per heavy atom. The first-order valence-electron chi connectivity index (χ1n) is 10.4. The summed E-state index contributed by atoms with van der Waals surface area (Å²) >= 11 is 0. The summed E-state index contributed by atoms with van der Waals surface area (Å²) in [5.41, 5.74) is 2.02. The van der Waals surface area contributed by atoms with Crippen LogP contribution in [-0.4, -0.2) is 53.1 Å². The van der Waals surface area contributed by atoms with Crippen molar-refractivity contribution in [3.05, 3.63) is 24.3 Å². The Bertz CT molecular complexity index is 731. The molecule has 1 aromatic heterocycles. The van der Waals surface area contributed by atoms with Crippen molar-refractivity contribution in [2.24, 2.45) is 5.92 Å². The highest BCUT2D eigenvalue weighted by Crippen LogP contribution is 2.21. The highest BCUT2D eigenvalue weighted by atomic mass is 16.1. The quantitative estimate of drug-likeness (QED) is 0.711. The number of anilines is 1. The van der Waals surface area contributed by atoms with Gasteiger partial charge in [-0.3, -0.25) is 10.1 Å². The number of carbonyl (C=O) groups is 1. The second-order valence-electron chi connectivity index (χ2n) is 7.38. The average molecular weight is 372 g/mol. The number of amides is 1. The van der Waals surface area contributed by atoms with E-state index in [9.17, 15) is 4.79 Å². The molecule has 6 nitrogen and oxygen atoms in total. The molecule has 27 heavy (non-hydrogen) atoms. The second kappa shape index (κ2) is 9.85. The third-order valence-corrected chi connectivity index (χ3v) is 5.68. The Balaban J connectivity index is 1.66. The van der Waals surface area contributed by atoms with E-state index < -0.39 is 0 Å². The molecule has 1 saturated heterocycles.